The quantitative estimate of drug-likeness (QED) is 0.140. The van der Waals surface area contributed by atoms with Crippen molar-refractivity contribution in [2.45, 2.75) is 59.1 Å². The molecule has 2 aromatic heterocycles. The monoisotopic (exact) mass is 586 g/mol. The maximum Gasteiger partial charge on any atom is 0.339 e. The number of hydrogen-bond donors (Lipinski definition) is 0. The number of carbonyl (C=O) groups excluding carboxylic acids is 3. The number of aryl methyl sites for hydroxylation is 1. The maximum atomic E-state index is 13.1. The number of hydrogen-bond acceptors (Lipinski definition) is 6. The highest BCUT2D eigenvalue weighted by atomic mass is 16.6. The number of rotatable bonds is 8. The Morgan fingerprint density at radius 2 is 1.50 bits per heavy atom. The van der Waals surface area contributed by atoms with Crippen molar-refractivity contribution in [2.75, 3.05) is 4.90 Å². The van der Waals surface area contributed by atoms with Crippen molar-refractivity contribution in [2.24, 2.45) is 0 Å². The first-order valence-electron chi connectivity index (χ1n) is 14.9. The Hall–Kier alpha value is -5.11. The Morgan fingerprint density at radius 3 is 2.14 bits per heavy atom. The summed E-state index contributed by atoms with van der Waals surface area (Å²) in [5.41, 5.74) is 5.23. The predicted molar refractivity (Wildman–Crippen MR) is 170 cm³/mol. The normalized spacial score (nSPS) is 13.0. The molecule has 0 N–H and O–H groups in total. The number of carbonyl (C=O) groups is 3. The average molecular weight is 587 g/mol. The first-order valence-corrected chi connectivity index (χ1v) is 14.9. The van der Waals surface area contributed by atoms with Crippen molar-refractivity contribution in [3.8, 4) is 11.1 Å². The van der Waals surface area contributed by atoms with E-state index in [4.69, 9.17) is 14.7 Å². The Morgan fingerprint density at radius 1 is 0.864 bits per heavy atom. The molecule has 8 heteroatoms. The zero-order chi connectivity index (χ0) is 31.0. The van der Waals surface area contributed by atoms with Gasteiger partial charge in [-0.1, -0.05) is 67.9 Å². The maximum absolute atomic E-state index is 13.1. The molecule has 0 bridgehead atoms. The standard InChI is InChI=1S/C36H34N4O4/c1-5-6-15-31-38-30-20-25(40-33(41)27-12-8-9-13-28(27)34(40)42)21-37-32(30)39(31)22-23-16-18-24(19-17-23)26-11-7-10-14-29(26)35(43)44-36(2,3)4/h7-14,16-21H,5-6,15,22H2,1-4H3. The van der Waals surface area contributed by atoms with Crippen LogP contribution in [0.25, 0.3) is 22.3 Å². The fourth-order valence-corrected chi connectivity index (χ4v) is 5.50. The van der Waals surface area contributed by atoms with Crippen LogP contribution in [0, 0.1) is 0 Å². The van der Waals surface area contributed by atoms with Crippen LogP contribution in [0.15, 0.2) is 85.1 Å². The van der Waals surface area contributed by atoms with Crippen LogP contribution in [0.3, 0.4) is 0 Å². The predicted octanol–water partition coefficient (Wildman–Crippen LogP) is 7.25. The largest absolute Gasteiger partial charge is 0.456 e. The Balaban J connectivity index is 1.30. The summed E-state index contributed by atoms with van der Waals surface area (Å²) in [6, 6.07) is 24.2. The molecular formula is C36H34N4O4. The van der Waals surface area contributed by atoms with Crippen molar-refractivity contribution in [1.82, 2.24) is 14.5 Å². The van der Waals surface area contributed by atoms with Crippen LogP contribution in [0.2, 0.25) is 0 Å². The molecule has 0 saturated heterocycles. The number of esters is 1. The number of pyridine rings is 1. The fourth-order valence-electron chi connectivity index (χ4n) is 5.50. The molecule has 0 spiro atoms. The van der Waals surface area contributed by atoms with Gasteiger partial charge in [-0.3, -0.25) is 9.59 Å². The van der Waals surface area contributed by atoms with Gasteiger partial charge in [-0.25, -0.2) is 19.7 Å². The molecule has 1 aliphatic heterocycles. The topological polar surface area (TPSA) is 94.4 Å². The van der Waals surface area contributed by atoms with Crippen LogP contribution in [-0.2, 0) is 17.7 Å². The summed E-state index contributed by atoms with van der Waals surface area (Å²) in [5.74, 6) is -0.168. The van der Waals surface area contributed by atoms with Crippen molar-refractivity contribution in [1.29, 1.82) is 0 Å². The van der Waals surface area contributed by atoms with Crippen molar-refractivity contribution in [3.05, 3.63) is 113 Å². The van der Waals surface area contributed by atoms with Gasteiger partial charge in [0.15, 0.2) is 5.65 Å². The number of aromatic nitrogens is 3. The number of imide groups is 1. The Kier molecular flexibility index (Phi) is 7.59. The highest BCUT2D eigenvalue weighted by Crippen LogP contribution is 2.31. The first-order chi connectivity index (χ1) is 21.1. The fraction of sp³-hybridized carbons (Fsp3) is 0.250. The van der Waals surface area contributed by atoms with Gasteiger partial charge in [0.1, 0.15) is 16.9 Å². The van der Waals surface area contributed by atoms with Gasteiger partial charge in [0.25, 0.3) is 11.8 Å². The van der Waals surface area contributed by atoms with Gasteiger partial charge in [-0.2, -0.15) is 0 Å². The molecule has 222 valence electrons. The van der Waals surface area contributed by atoms with Gasteiger partial charge in [-0.05, 0) is 68.1 Å². The molecular weight excluding hydrogens is 552 g/mol. The summed E-state index contributed by atoms with van der Waals surface area (Å²) in [6.45, 7) is 8.26. The third kappa shape index (κ3) is 5.51. The number of nitrogens with zero attached hydrogens (tertiary/aromatic N) is 4. The van der Waals surface area contributed by atoms with Crippen LogP contribution < -0.4 is 4.90 Å². The lowest BCUT2D eigenvalue weighted by molar-refractivity contribution is 0.00702. The van der Waals surface area contributed by atoms with E-state index in [1.54, 1.807) is 42.6 Å². The van der Waals surface area contributed by atoms with E-state index in [0.717, 1.165) is 41.8 Å². The third-order valence-corrected chi connectivity index (χ3v) is 7.61. The van der Waals surface area contributed by atoms with E-state index in [1.165, 1.54) is 4.90 Å². The van der Waals surface area contributed by atoms with E-state index in [2.05, 4.69) is 11.5 Å². The number of benzene rings is 3. The molecule has 3 aromatic carbocycles. The molecule has 6 rings (SSSR count). The SMILES string of the molecule is CCCCc1nc2cc(N3C(=O)c4ccccc4C3=O)cnc2n1Cc1ccc(-c2ccccc2C(=O)OC(C)(C)C)cc1. The van der Waals surface area contributed by atoms with Crippen molar-refractivity contribution < 1.29 is 19.1 Å². The molecule has 0 fully saturated rings. The second-order valence-corrected chi connectivity index (χ2v) is 12.0. The number of amides is 2. The number of fused-ring (bicyclic) bond motifs is 2. The lowest BCUT2D eigenvalue weighted by Gasteiger charge is -2.20. The van der Waals surface area contributed by atoms with Crippen LogP contribution in [0.5, 0.6) is 0 Å². The van der Waals surface area contributed by atoms with Gasteiger partial charge in [0.05, 0.1) is 35.1 Å². The number of unbranched alkanes of at least 4 members (excludes halogenated alkanes) is 1. The molecule has 3 heterocycles. The number of anilines is 1. The van der Waals surface area contributed by atoms with Gasteiger partial charge < -0.3 is 9.30 Å². The molecule has 0 unspecified atom stereocenters. The van der Waals surface area contributed by atoms with Crippen molar-refractivity contribution >= 4 is 34.6 Å². The first kappa shape index (κ1) is 29.0. The molecule has 0 atom stereocenters. The number of ether oxygens (including phenoxy) is 1. The van der Waals surface area contributed by atoms with Gasteiger partial charge >= 0.3 is 5.97 Å². The van der Waals surface area contributed by atoms with Crippen LogP contribution in [0.4, 0.5) is 5.69 Å². The molecule has 5 aromatic rings. The zero-order valence-electron chi connectivity index (χ0n) is 25.3. The summed E-state index contributed by atoms with van der Waals surface area (Å²) in [4.78, 5) is 49.8. The van der Waals surface area contributed by atoms with E-state index >= 15 is 0 Å². The smallest absolute Gasteiger partial charge is 0.339 e. The Labute approximate surface area is 256 Å². The molecule has 2 amide bonds. The molecule has 44 heavy (non-hydrogen) atoms. The van der Waals surface area contributed by atoms with Crippen LogP contribution >= 0.6 is 0 Å². The molecule has 0 aliphatic carbocycles. The molecule has 0 saturated carbocycles. The average Bonchev–Trinajstić information content (AvgIpc) is 3.48. The van der Waals surface area contributed by atoms with Crippen LogP contribution in [0.1, 0.15) is 83.0 Å². The highest BCUT2D eigenvalue weighted by Gasteiger charge is 2.36. The lowest BCUT2D eigenvalue weighted by Crippen LogP contribution is -2.29. The molecule has 1 aliphatic rings. The highest BCUT2D eigenvalue weighted by molar-refractivity contribution is 6.34. The van der Waals surface area contributed by atoms with E-state index in [1.807, 2.05) is 63.2 Å². The zero-order valence-corrected chi connectivity index (χ0v) is 25.3. The second-order valence-electron chi connectivity index (χ2n) is 12.0. The van der Waals surface area contributed by atoms with Crippen LogP contribution in [-0.4, -0.2) is 37.9 Å². The Bertz CT molecular complexity index is 1870. The summed E-state index contributed by atoms with van der Waals surface area (Å²) < 4.78 is 7.74. The molecule has 0 radical (unpaired) electrons. The van der Waals surface area contributed by atoms with E-state index in [0.29, 0.717) is 40.1 Å². The van der Waals surface area contributed by atoms with Gasteiger partial charge in [0.2, 0.25) is 0 Å². The summed E-state index contributed by atoms with van der Waals surface area (Å²) in [6.07, 6.45) is 4.33. The third-order valence-electron chi connectivity index (χ3n) is 7.61. The minimum absolute atomic E-state index is 0.353. The van der Waals surface area contributed by atoms with Crippen molar-refractivity contribution in [3.63, 3.8) is 0 Å². The minimum atomic E-state index is -0.587. The van der Waals surface area contributed by atoms with E-state index in [9.17, 15) is 14.4 Å². The van der Waals surface area contributed by atoms with Gasteiger partial charge in [0, 0.05) is 6.42 Å². The second kappa shape index (κ2) is 11.5. The summed E-state index contributed by atoms with van der Waals surface area (Å²) in [5, 5.41) is 0. The summed E-state index contributed by atoms with van der Waals surface area (Å²) in [7, 11) is 0. The number of imidazole rings is 1. The van der Waals surface area contributed by atoms with E-state index in [-0.39, 0.29) is 17.8 Å². The summed E-state index contributed by atoms with van der Waals surface area (Å²) >= 11 is 0. The minimum Gasteiger partial charge on any atom is -0.456 e. The molecule has 8 nitrogen and oxygen atoms in total. The lowest BCUT2D eigenvalue weighted by atomic mass is 9.98. The van der Waals surface area contributed by atoms with Gasteiger partial charge in [-0.15, -0.1) is 0 Å². The van der Waals surface area contributed by atoms with E-state index < -0.39 is 5.60 Å².